The SMILES string of the molecule is FC(F)(F)c1cc(NC(=S)Nc2ccc(I)cc2)cc(C(F)(F)F)c1. The Balaban J connectivity index is 2.25. The predicted octanol–water partition coefficient (Wildman–Crippen LogP) is 6.14. The van der Waals surface area contributed by atoms with Crippen LogP contribution in [0, 0.1) is 3.57 Å². The van der Waals surface area contributed by atoms with Gasteiger partial charge in [-0.1, -0.05) is 0 Å². The molecule has 134 valence electrons. The van der Waals surface area contributed by atoms with Gasteiger partial charge in [-0.2, -0.15) is 26.3 Å². The van der Waals surface area contributed by atoms with Crippen molar-refractivity contribution in [2.75, 3.05) is 10.6 Å². The number of alkyl halides is 6. The van der Waals surface area contributed by atoms with E-state index in [1.807, 2.05) is 0 Å². The third-order valence-electron chi connectivity index (χ3n) is 2.95. The topological polar surface area (TPSA) is 24.1 Å². The summed E-state index contributed by atoms with van der Waals surface area (Å²) in [6, 6.07) is 8.05. The molecule has 2 aromatic carbocycles. The standard InChI is InChI=1S/C15H9F6IN2S/c16-14(17,18)8-5-9(15(19,20)21)7-12(6-8)24-13(25)23-11-3-1-10(22)2-4-11/h1-7H,(H2,23,24,25). The van der Waals surface area contributed by atoms with Crippen molar-refractivity contribution in [3.8, 4) is 0 Å². The molecule has 2 N–H and O–H groups in total. The molecule has 25 heavy (non-hydrogen) atoms. The lowest BCUT2D eigenvalue weighted by Crippen LogP contribution is -2.20. The minimum atomic E-state index is -4.91. The number of halogens is 7. The number of hydrogen-bond donors (Lipinski definition) is 2. The Hall–Kier alpha value is -1.56. The van der Waals surface area contributed by atoms with Crippen LogP contribution in [0.25, 0.3) is 0 Å². The van der Waals surface area contributed by atoms with Gasteiger partial charge < -0.3 is 10.6 Å². The molecule has 0 aliphatic rings. The van der Waals surface area contributed by atoms with Crippen LogP contribution in [0.3, 0.4) is 0 Å². The van der Waals surface area contributed by atoms with Crippen LogP contribution in [-0.2, 0) is 12.4 Å². The summed E-state index contributed by atoms with van der Waals surface area (Å²) in [5.74, 6) is 0. The molecule has 0 aliphatic heterocycles. The Morgan fingerprint density at radius 2 is 1.20 bits per heavy atom. The van der Waals surface area contributed by atoms with Gasteiger partial charge in [-0.3, -0.25) is 0 Å². The van der Waals surface area contributed by atoms with Gasteiger partial charge in [0.15, 0.2) is 5.11 Å². The number of rotatable bonds is 2. The molecule has 0 bridgehead atoms. The normalized spacial score (nSPS) is 12.0. The second-order valence-corrected chi connectivity index (χ2v) is 6.53. The fraction of sp³-hybridized carbons (Fsp3) is 0.133. The molecule has 0 fully saturated rings. The third-order valence-corrected chi connectivity index (χ3v) is 3.87. The van der Waals surface area contributed by atoms with Crippen molar-refractivity contribution in [1.29, 1.82) is 0 Å². The highest BCUT2D eigenvalue weighted by molar-refractivity contribution is 14.1. The van der Waals surface area contributed by atoms with Crippen LogP contribution in [0.4, 0.5) is 37.7 Å². The van der Waals surface area contributed by atoms with Crippen LogP contribution >= 0.6 is 34.8 Å². The fourth-order valence-electron chi connectivity index (χ4n) is 1.85. The molecule has 0 aliphatic carbocycles. The first-order valence-electron chi connectivity index (χ1n) is 6.58. The van der Waals surface area contributed by atoms with Gasteiger partial charge in [0.05, 0.1) is 11.1 Å². The molecule has 0 heterocycles. The van der Waals surface area contributed by atoms with E-state index in [0.717, 1.165) is 3.57 Å². The highest BCUT2D eigenvalue weighted by Gasteiger charge is 2.37. The second kappa shape index (κ2) is 7.36. The predicted molar refractivity (Wildman–Crippen MR) is 95.4 cm³/mol. The molecule has 0 unspecified atom stereocenters. The molecule has 0 amide bonds. The first-order chi connectivity index (χ1) is 11.4. The van der Waals surface area contributed by atoms with Crippen LogP contribution in [0.15, 0.2) is 42.5 Å². The van der Waals surface area contributed by atoms with E-state index < -0.39 is 29.2 Å². The molecule has 0 atom stereocenters. The Kier molecular flexibility index (Phi) is 5.82. The van der Waals surface area contributed by atoms with Crippen molar-refractivity contribution in [3.05, 3.63) is 57.2 Å². The number of thiocarbonyl (C=S) groups is 1. The van der Waals surface area contributed by atoms with E-state index in [9.17, 15) is 26.3 Å². The van der Waals surface area contributed by atoms with Crippen molar-refractivity contribution in [2.45, 2.75) is 12.4 Å². The van der Waals surface area contributed by atoms with Crippen molar-refractivity contribution in [2.24, 2.45) is 0 Å². The molecule has 0 saturated heterocycles. The summed E-state index contributed by atoms with van der Waals surface area (Å²) < 4.78 is 77.8. The summed E-state index contributed by atoms with van der Waals surface area (Å²) >= 11 is 7.02. The summed E-state index contributed by atoms with van der Waals surface area (Å²) in [6.45, 7) is 0. The van der Waals surface area contributed by atoms with E-state index in [-0.39, 0.29) is 11.2 Å². The average Bonchev–Trinajstić information content (AvgIpc) is 2.47. The zero-order chi connectivity index (χ0) is 18.8. The maximum Gasteiger partial charge on any atom is 0.416 e. The van der Waals surface area contributed by atoms with E-state index in [2.05, 4.69) is 33.2 Å². The summed E-state index contributed by atoms with van der Waals surface area (Å²) in [5, 5.41) is 4.91. The van der Waals surface area contributed by atoms with Crippen molar-refractivity contribution >= 4 is 51.3 Å². The lowest BCUT2D eigenvalue weighted by molar-refractivity contribution is -0.143. The highest BCUT2D eigenvalue weighted by Crippen LogP contribution is 2.37. The quantitative estimate of drug-likeness (QED) is 0.301. The van der Waals surface area contributed by atoms with Crippen LogP contribution in [0.1, 0.15) is 11.1 Å². The molecule has 2 aromatic rings. The molecular weight excluding hydrogens is 481 g/mol. The van der Waals surface area contributed by atoms with Gasteiger partial charge in [-0.25, -0.2) is 0 Å². The van der Waals surface area contributed by atoms with Crippen molar-refractivity contribution in [1.82, 2.24) is 0 Å². The summed E-state index contributed by atoms with van der Waals surface area (Å²) in [5.41, 5.74) is -2.70. The molecular formula is C15H9F6IN2S. The number of anilines is 2. The maximum absolute atomic E-state index is 12.8. The molecule has 0 radical (unpaired) electrons. The van der Waals surface area contributed by atoms with Crippen LogP contribution in [0.5, 0.6) is 0 Å². The van der Waals surface area contributed by atoms with Crippen LogP contribution in [0.2, 0.25) is 0 Å². The zero-order valence-corrected chi connectivity index (χ0v) is 15.1. The van der Waals surface area contributed by atoms with E-state index in [1.165, 1.54) is 0 Å². The van der Waals surface area contributed by atoms with Gasteiger partial charge in [-0.15, -0.1) is 0 Å². The lowest BCUT2D eigenvalue weighted by atomic mass is 10.1. The van der Waals surface area contributed by atoms with E-state index >= 15 is 0 Å². The van der Waals surface area contributed by atoms with Crippen molar-refractivity contribution in [3.63, 3.8) is 0 Å². The summed E-state index contributed by atoms with van der Waals surface area (Å²) in [7, 11) is 0. The van der Waals surface area contributed by atoms with Gasteiger partial charge in [0.25, 0.3) is 0 Å². The summed E-state index contributed by atoms with van der Waals surface area (Å²) in [6.07, 6.45) is -9.83. The minimum Gasteiger partial charge on any atom is -0.332 e. The third kappa shape index (κ3) is 5.73. The fourth-order valence-corrected chi connectivity index (χ4v) is 2.45. The van der Waals surface area contributed by atoms with Crippen LogP contribution in [-0.4, -0.2) is 5.11 Å². The van der Waals surface area contributed by atoms with E-state index in [1.54, 1.807) is 24.3 Å². The molecule has 0 saturated carbocycles. The molecule has 10 heteroatoms. The van der Waals surface area contributed by atoms with E-state index in [0.29, 0.717) is 17.8 Å². The first kappa shape index (κ1) is 19.8. The van der Waals surface area contributed by atoms with Gasteiger partial charge in [-0.05, 0) is 77.3 Å². The highest BCUT2D eigenvalue weighted by atomic mass is 127. The van der Waals surface area contributed by atoms with E-state index in [4.69, 9.17) is 12.2 Å². The Bertz CT molecular complexity index is 739. The molecule has 2 rings (SSSR count). The number of hydrogen-bond acceptors (Lipinski definition) is 1. The Morgan fingerprint density at radius 3 is 1.64 bits per heavy atom. The molecule has 2 nitrogen and oxygen atoms in total. The minimum absolute atomic E-state index is 0.0563. The maximum atomic E-state index is 12.8. The lowest BCUT2D eigenvalue weighted by Gasteiger charge is -2.16. The zero-order valence-electron chi connectivity index (χ0n) is 12.1. The molecule has 0 aromatic heterocycles. The van der Waals surface area contributed by atoms with Gasteiger partial charge in [0, 0.05) is 14.9 Å². The second-order valence-electron chi connectivity index (χ2n) is 4.88. The van der Waals surface area contributed by atoms with Gasteiger partial charge in [0.2, 0.25) is 0 Å². The van der Waals surface area contributed by atoms with Gasteiger partial charge >= 0.3 is 12.4 Å². The molecule has 0 spiro atoms. The Morgan fingerprint density at radius 1 is 0.760 bits per heavy atom. The van der Waals surface area contributed by atoms with Crippen LogP contribution < -0.4 is 10.6 Å². The average molecular weight is 490 g/mol. The monoisotopic (exact) mass is 490 g/mol. The van der Waals surface area contributed by atoms with Gasteiger partial charge in [0.1, 0.15) is 0 Å². The number of benzene rings is 2. The van der Waals surface area contributed by atoms with Crippen molar-refractivity contribution < 1.29 is 26.3 Å². The first-order valence-corrected chi connectivity index (χ1v) is 8.07. The number of nitrogens with one attached hydrogen (secondary N) is 2. The summed E-state index contributed by atoms with van der Waals surface area (Å²) in [4.78, 5) is 0. The largest absolute Gasteiger partial charge is 0.416 e. The smallest absolute Gasteiger partial charge is 0.332 e. The Labute approximate surface area is 157 Å².